The van der Waals surface area contributed by atoms with Crippen LogP contribution in [0.3, 0.4) is 0 Å². The van der Waals surface area contributed by atoms with Gasteiger partial charge in [-0.25, -0.2) is 9.97 Å². The molecular weight excluding hydrogens is 729 g/mol. The fourth-order valence-electron chi connectivity index (χ4n) is 6.69. The zero-order valence-corrected chi connectivity index (χ0v) is 34.3. The number of methoxy groups -OCH3 is 1. The van der Waals surface area contributed by atoms with Crippen molar-refractivity contribution >= 4 is 18.3 Å². The highest BCUT2D eigenvalue weighted by molar-refractivity contribution is 5.76. The molecule has 2 unspecified atom stereocenters. The number of imidazole rings is 2. The summed E-state index contributed by atoms with van der Waals surface area (Å²) in [5.41, 5.74) is 15.4. The van der Waals surface area contributed by atoms with Gasteiger partial charge in [-0.05, 0) is 90.7 Å². The zero-order chi connectivity index (χ0) is 42.0. The minimum Gasteiger partial charge on any atom is -0.471 e. The molecule has 0 bridgehead atoms. The average molecular weight is 791 g/mol. The van der Waals surface area contributed by atoms with Crippen molar-refractivity contribution in [2.24, 2.45) is 11.5 Å². The van der Waals surface area contributed by atoms with E-state index in [1.807, 2.05) is 12.4 Å². The molecule has 57 heavy (non-hydrogen) atoms. The van der Waals surface area contributed by atoms with Gasteiger partial charge in [0.2, 0.25) is 11.8 Å². The summed E-state index contributed by atoms with van der Waals surface area (Å²) < 4.78 is 10.4. The number of carbonyl (C=O) groups excluding carboxylic acids is 3. The molecule has 3 heterocycles. The molecule has 1 aliphatic carbocycles. The van der Waals surface area contributed by atoms with Gasteiger partial charge in [0.15, 0.2) is 0 Å². The van der Waals surface area contributed by atoms with Crippen LogP contribution >= 0.6 is 0 Å². The van der Waals surface area contributed by atoms with E-state index in [4.69, 9.17) is 9.53 Å². The summed E-state index contributed by atoms with van der Waals surface area (Å²) in [4.78, 5) is 50.6. The third-order valence-electron chi connectivity index (χ3n) is 9.63. The Hall–Kier alpha value is -5.09. The molecule has 2 amide bonds. The second-order valence-electron chi connectivity index (χ2n) is 14.1. The summed E-state index contributed by atoms with van der Waals surface area (Å²) in [5, 5.41) is 21.6. The fourth-order valence-corrected chi connectivity index (χ4v) is 6.69. The van der Waals surface area contributed by atoms with Crippen molar-refractivity contribution in [3.8, 4) is 34.0 Å². The first-order chi connectivity index (χ1) is 27.5. The van der Waals surface area contributed by atoms with Crippen molar-refractivity contribution in [2.75, 3.05) is 41.3 Å². The van der Waals surface area contributed by atoms with Gasteiger partial charge in [0.05, 0.1) is 55.9 Å². The van der Waals surface area contributed by atoms with Crippen LogP contribution in [0.2, 0.25) is 0 Å². The number of aliphatic hydroxyl groups excluding tert-OH is 2. The van der Waals surface area contributed by atoms with Crippen molar-refractivity contribution in [1.82, 2.24) is 30.2 Å². The predicted octanol–water partition coefficient (Wildman–Crippen LogP) is 4.35. The lowest BCUT2D eigenvalue weighted by atomic mass is 9.83. The number of hydrogen-bond donors (Lipinski definition) is 7. The third-order valence-corrected chi connectivity index (χ3v) is 9.63. The topological polar surface area (TPSA) is 235 Å². The maximum absolute atomic E-state index is 12.1. The number of benzene rings is 2. The number of aliphatic hydroxyl groups is 2. The number of nitrogens with one attached hydrogen (secondary N) is 3. The number of aryl methyl sites for hydroxylation is 2. The van der Waals surface area contributed by atoms with Crippen LogP contribution in [-0.4, -0.2) is 107 Å². The molecule has 4 aromatic rings. The fraction of sp³-hybridized carbons (Fsp3) is 0.500. The van der Waals surface area contributed by atoms with Gasteiger partial charge < -0.3 is 51.3 Å². The standard InChI is InChI=1S/C38H48N6O5.C2H4O2.2CH5N/c1-24(45)18-36(47)39-16-6-4-8-34-40-22-30(42-34)26-11-13-32-29(20-26)38(14-15-38)28-12-10-27(21-33(28)49-32)31-23-41-35(43-31)9-5-7-17-44(3)37(48)19-25(2)46;1-4-2-3;2*1-2/h10-13,20-25,45-46H,4-9,14-19H2,1-3H3,(H,39,47)(H,40,42)(H,41,43);2H,1H3;2*2H2,1H3. The van der Waals surface area contributed by atoms with Crippen LogP contribution in [0.15, 0.2) is 48.8 Å². The molecule has 9 N–H and O–H groups in total. The van der Waals surface area contributed by atoms with E-state index in [9.17, 15) is 19.8 Å². The first-order valence-corrected chi connectivity index (χ1v) is 19.6. The predicted molar refractivity (Wildman–Crippen MR) is 221 cm³/mol. The Kier molecular flexibility index (Phi) is 18.9. The molecule has 15 nitrogen and oxygen atoms in total. The Labute approximate surface area is 336 Å². The molecule has 1 saturated carbocycles. The zero-order valence-electron chi connectivity index (χ0n) is 34.3. The van der Waals surface area contributed by atoms with Crippen molar-refractivity contribution in [3.63, 3.8) is 0 Å². The molecule has 2 atom stereocenters. The largest absolute Gasteiger partial charge is 0.471 e. The maximum Gasteiger partial charge on any atom is 0.292 e. The van der Waals surface area contributed by atoms with Crippen molar-refractivity contribution < 1.29 is 34.1 Å². The lowest BCUT2D eigenvalue weighted by Gasteiger charge is -2.29. The number of nitrogens with zero attached hydrogens (tertiary/aromatic N) is 3. The van der Waals surface area contributed by atoms with Crippen molar-refractivity contribution in [1.29, 1.82) is 0 Å². The normalized spacial score (nSPS) is 13.6. The first-order valence-electron chi connectivity index (χ1n) is 19.6. The molecule has 0 radical (unpaired) electrons. The quantitative estimate of drug-likeness (QED) is 0.0587. The van der Waals surface area contributed by atoms with Crippen LogP contribution in [0.5, 0.6) is 11.5 Å². The molecule has 6 rings (SSSR count). The first kappa shape index (κ1) is 46.3. The lowest BCUT2D eigenvalue weighted by molar-refractivity contribution is -0.131. The Bertz CT molecular complexity index is 1850. The van der Waals surface area contributed by atoms with E-state index < -0.39 is 12.2 Å². The molecule has 2 aromatic carbocycles. The summed E-state index contributed by atoms with van der Waals surface area (Å²) in [7, 11) is 6.09. The molecule has 1 fully saturated rings. The average Bonchev–Trinajstić information content (AvgIpc) is 3.59. The van der Waals surface area contributed by atoms with Gasteiger partial charge in [-0.3, -0.25) is 14.4 Å². The van der Waals surface area contributed by atoms with Crippen molar-refractivity contribution in [2.45, 2.75) is 95.7 Å². The van der Waals surface area contributed by atoms with E-state index in [-0.39, 0.29) is 30.1 Å². The second-order valence-corrected chi connectivity index (χ2v) is 14.1. The highest BCUT2D eigenvalue weighted by Gasteiger charge is 2.51. The minimum absolute atomic E-state index is 0.0357. The number of hydrogen-bond acceptors (Lipinski definition) is 11. The van der Waals surface area contributed by atoms with Crippen LogP contribution in [0.1, 0.15) is 88.0 Å². The van der Waals surface area contributed by atoms with Crippen LogP contribution in [0.25, 0.3) is 22.5 Å². The number of aromatic nitrogens is 4. The SMILES string of the molecule is CC(O)CC(=O)NCCCCc1ncc(-c2ccc3c(c2)C2(CC2)c2ccc(-c4cnc(CCCCN(C)C(=O)CC(C)O)[nH]4)cc2O3)[nH]1.CN.CN.COC=O. The molecule has 2 aliphatic rings. The van der Waals surface area contributed by atoms with Gasteiger partial charge in [0.25, 0.3) is 6.47 Å². The van der Waals surface area contributed by atoms with E-state index in [0.29, 0.717) is 19.6 Å². The Morgan fingerprint density at radius 3 is 2.00 bits per heavy atom. The van der Waals surface area contributed by atoms with Crippen LogP contribution in [0.4, 0.5) is 0 Å². The Morgan fingerprint density at radius 2 is 1.44 bits per heavy atom. The summed E-state index contributed by atoms with van der Waals surface area (Å²) in [6.07, 6.45) is 10.1. The number of fused-ring (bicyclic) bond motifs is 4. The highest BCUT2D eigenvalue weighted by Crippen LogP contribution is 2.62. The minimum atomic E-state index is -0.625. The molecule has 2 aromatic heterocycles. The molecule has 1 spiro atoms. The number of H-pyrrole nitrogens is 2. The third kappa shape index (κ3) is 13.2. The van der Waals surface area contributed by atoms with E-state index >= 15 is 0 Å². The number of unbranched alkanes of at least 4 members (excludes halogenated alkanes) is 2. The maximum atomic E-state index is 12.1. The van der Waals surface area contributed by atoms with E-state index in [2.05, 4.69) is 77.9 Å². The van der Waals surface area contributed by atoms with Gasteiger partial charge in [0.1, 0.15) is 23.1 Å². The van der Waals surface area contributed by atoms with Gasteiger partial charge in [0, 0.05) is 60.6 Å². The van der Waals surface area contributed by atoms with Gasteiger partial charge in [-0.2, -0.15) is 0 Å². The smallest absolute Gasteiger partial charge is 0.292 e. The highest BCUT2D eigenvalue weighted by atomic mass is 16.5. The Balaban J connectivity index is 0.00000101. The van der Waals surface area contributed by atoms with Crippen LogP contribution in [-0.2, 0) is 37.4 Å². The number of ether oxygens (including phenoxy) is 2. The van der Waals surface area contributed by atoms with Crippen LogP contribution in [0, 0.1) is 0 Å². The molecule has 312 valence electrons. The molecule has 1 aliphatic heterocycles. The number of carbonyl (C=O) groups is 3. The number of aromatic amines is 2. The van der Waals surface area contributed by atoms with Gasteiger partial charge >= 0.3 is 0 Å². The van der Waals surface area contributed by atoms with Gasteiger partial charge in [-0.15, -0.1) is 0 Å². The monoisotopic (exact) mass is 790 g/mol. The summed E-state index contributed by atoms with van der Waals surface area (Å²) in [6.45, 7) is 4.87. The molecule has 15 heteroatoms. The second kappa shape index (κ2) is 23.2. The number of rotatable bonds is 17. The van der Waals surface area contributed by atoms with E-state index in [1.54, 1.807) is 25.8 Å². The van der Waals surface area contributed by atoms with E-state index in [0.717, 1.165) is 97.0 Å². The van der Waals surface area contributed by atoms with Crippen molar-refractivity contribution in [3.05, 3.63) is 71.6 Å². The number of amides is 2. The lowest BCUT2D eigenvalue weighted by Crippen LogP contribution is -2.30. The molecule has 0 saturated heterocycles. The molecular formula is C42H62N8O7. The van der Waals surface area contributed by atoms with Crippen LogP contribution < -0.4 is 21.5 Å². The number of nitrogens with two attached hydrogens (primary N) is 2. The summed E-state index contributed by atoms with van der Waals surface area (Å²) in [6, 6.07) is 12.9. The van der Waals surface area contributed by atoms with Gasteiger partial charge in [-0.1, -0.05) is 12.1 Å². The summed E-state index contributed by atoms with van der Waals surface area (Å²) >= 11 is 0. The Morgan fingerprint density at radius 1 is 0.877 bits per heavy atom. The summed E-state index contributed by atoms with van der Waals surface area (Å²) in [5.74, 6) is 3.47. The van der Waals surface area contributed by atoms with E-state index in [1.165, 1.54) is 32.3 Å².